The van der Waals surface area contributed by atoms with E-state index in [2.05, 4.69) is 19.1 Å². The average Bonchev–Trinajstić information content (AvgIpc) is 2.34. The average molecular weight is 252 g/mol. The zero-order valence-corrected chi connectivity index (χ0v) is 12.5. The molecule has 0 bridgehead atoms. The molecule has 0 aromatic heterocycles. The number of ketones is 1. The van der Waals surface area contributed by atoms with E-state index in [-0.39, 0.29) is 0 Å². The molecule has 0 saturated carbocycles. The van der Waals surface area contributed by atoms with Gasteiger partial charge in [-0.2, -0.15) is 0 Å². The van der Waals surface area contributed by atoms with Crippen LogP contribution >= 0.6 is 0 Å². The lowest BCUT2D eigenvalue weighted by Crippen LogP contribution is -1.86. The molecule has 0 atom stereocenters. The first-order valence-electron chi connectivity index (χ1n) is 7.91. The summed E-state index contributed by atoms with van der Waals surface area (Å²) in [5, 5.41) is 0. The van der Waals surface area contributed by atoms with Crippen molar-refractivity contribution in [3.8, 4) is 0 Å². The second kappa shape index (κ2) is 14.5. The van der Waals surface area contributed by atoms with Gasteiger partial charge in [-0.25, -0.2) is 0 Å². The number of unbranched alkanes of at least 4 members (excludes halogenated alkanes) is 9. The number of hydrogen-bond donors (Lipinski definition) is 0. The standard InChI is InChI=1S/C17H32O/c1-3-4-5-6-7-8-9-10-11-12-13-14-15-16-17(2)18/h13-14H,3-12,15-16H2,1-2H3/b14-13+. The fourth-order valence-corrected chi connectivity index (χ4v) is 2.10. The van der Waals surface area contributed by atoms with Crippen LogP contribution in [0.25, 0.3) is 0 Å². The summed E-state index contributed by atoms with van der Waals surface area (Å²) in [6.45, 7) is 3.93. The van der Waals surface area contributed by atoms with Gasteiger partial charge in [-0.3, -0.25) is 0 Å². The predicted octanol–water partition coefficient (Wildman–Crippen LogP) is 5.83. The third kappa shape index (κ3) is 15.4. The molecule has 0 aromatic carbocycles. The van der Waals surface area contributed by atoms with Crippen LogP contribution in [-0.2, 0) is 4.79 Å². The number of hydrogen-bond acceptors (Lipinski definition) is 1. The Hall–Kier alpha value is -0.590. The Bertz CT molecular complexity index is 206. The maximum atomic E-state index is 10.7. The molecule has 0 fully saturated rings. The Kier molecular flexibility index (Phi) is 14.0. The molecule has 0 aliphatic heterocycles. The van der Waals surface area contributed by atoms with Crippen molar-refractivity contribution in [2.45, 2.75) is 90.9 Å². The van der Waals surface area contributed by atoms with Gasteiger partial charge >= 0.3 is 0 Å². The second-order valence-electron chi connectivity index (χ2n) is 5.33. The molecule has 0 unspecified atom stereocenters. The third-order valence-electron chi connectivity index (χ3n) is 3.30. The van der Waals surface area contributed by atoms with Crippen molar-refractivity contribution in [2.75, 3.05) is 0 Å². The van der Waals surface area contributed by atoms with E-state index in [1.165, 1.54) is 64.2 Å². The minimum atomic E-state index is 0.294. The number of carbonyl (C=O) groups excluding carboxylic acids is 1. The van der Waals surface area contributed by atoms with Gasteiger partial charge in [-0.05, 0) is 26.2 Å². The van der Waals surface area contributed by atoms with E-state index in [0.717, 1.165) is 6.42 Å². The van der Waals surface area contributed by atoms with Crippen LogP contribution in [0.15, 0.2) is 12.2 Å². The molecule has 0 aromatic rings. The molecule has 1 heteroatoms. The van der Waals surface area contributed by atoms with E-state index in [1.807, 2.05) is 0 Å². The molecule has 106 valence electrons. The van der Waals surface area contributed by atoms with Gasteiger partial charge in [-0.1, -0.05) is 70.4 Å². The van der Waals surface area contributed by atoms with Gasteiger partial charge in [0.1, 0.15) is 5.78 Å². The van der Waals surface area contributed by atoms with Crippen molar-refractivity contribution >= 4 is 5.78 Å². The topological polar surface area (TPSA) is 17.1 Å². The molecule has 0 saturated heterocycles. The summed E-state index contributed by atoms with van der Waals surface area (Å²) in [5.74, 6) is 0.294. The summed E-state index contributed by atoms with van der Waals surface area (Å²) < 4.78 is 0. The molecule has 0 radical (unpaired) electrons. The van der Waals surface area contributed by atoms with E-state index in [0.29, 0.717) is 12.2 Å². The smallest absolute Gasteiger partial charge is 0.130 e. The van der Waals surface area contributed by atoms with Gasteiger partial charge in [0, 0.05) is 6.42 Å². The van der Waals surface area contributed by atoms with E-state index >= 15 is 0 Å². The fourth-order valence-electron chi connectivity index (χ4n) is 2.10. The molecular weight excluding hydrogens is 220 g/mol. The maximum absolute atomic E-state index is 10.7. The first-order valence-corrected chi connectivity index (χ1v) is 7.91. The SMILES string of the molecule is CCCCCCCCCCC/C=C/CCC(C)=O. The Morgan fingerprint density at radius 2 is 1.28 bits per heavy atom. The van der Waals surface area contributed by atoms with Gasteiger partial charge < -0.3 is 4.79 Å². The van der Waals surface area contributed by atoms with Crippen LogP contribution in [0.3, 0.4) is 0 Å². The first kappa shape index (κ1) is 17.4. The van der Waals surface area contributed by atoms with Crippen LogP contribution in [0.2, 0.25) is 0 Å². The van der Waals surface area contributed by atoms with E-state index in [1.54, 1.807) is 6.92 Å². The maximum Gasteiger partial charge on any atom is 0.130 e. The zero-order valence-electron chi connectivity index (χ0n) is 12.5. The van der Waals surface area contributed by atoms with Crippen molar-refractivity contribution in [2.24, 2.45) is 0 Å². The van der Waals surface area contributed by atoms with Crippen molar-refractivity contribution in [1.82, 2.24) is 0 Å². The lowest BCUT2D eigenvalue weighted by molar-refractivity contribution is -0.116. The predicted molar refractivity (Wildman–Crippen MR) is 80.9 cm³/mol. The van der Waals surface area contributed by atoms with Gasteiger partial charge in [-0.15, -0.1) is 0 Å². The highest BCUT2D eigenvalue weighted by molar-refractivity contribution is 5.75. The minimum Gasteiger partial charge on any atom is -0.300 e. The fraction of sp³-hybridized carbons (Fsp3) is 0.824. The lowest BCUT2D eigenvalue weighted by atomic mass is 10.1. The van der Waals surface area contributed by atoms with E-state index in [9.17, 15) is 4.79 Å². The number of allylic oxidation sites excluding steroid dienone is 2. The summed E-state index contributed by atoms with van der Waals surface area (Å²) in [6.07, 6.45) is 19.7. The van der Waals surface area contributed by atoms with Crippen LogP contribution in [0, 0.1) is 0 Å². The molecule has 0 heterocycles. The zero-order chi connectivity index (χ0) is 13.5. The summed E-state index contributed by atoms with van der Waals surface area (Å²) >= 11 is 0. The van der Waals surface area contributed by atoms with Gasteiger partial charge in [0.15, 0.2) is 0 Å². The molecule has 18 heavy (non-hydrogen) atoms. The molecule has 0 amide bonds. The Balaban J connectivity index is 3.04. The molecule has 0 N–H and O–H groups in total. The van der Waals surface area contributed by atoms with E-state index < -0.39 is 0 Å². The number of rotatable bonds is 13. The third-order valence-corrected chi connectivity index (χ3v) is 3.30. The van der Waals surface area contributed by atoms with Crippen LogP contribution in [0.4, 0.5) is 0 Å². The van der Waals surface area contributed by atoms with Crippen LogP contribution in [0.1, 0.15) is 90.9 Å². The molecule has 0 aliphatic carbocycles. The van der Waals surface area contributed by atoms with E-state index in [4.69, 9.17) is 0 Å². The summed E-state index contributed by atoms with van der Waals surface area (Å²) in [5.41, 5.74) is 0. The Morgan fingerprint density at radius 1 is 0.778 bits per heavy atom. The number of carbonyl (C=O) groups is 1. The minimum absolute atomic E-state index is 0.294. The van der Waals surface area contributed by atoms with Crippen molar-refractivity contribution in [3.05, 3.63) is 12.2 Å². The van der Waals surface area contributed by atoms with Crippen LogP contribution in [0.5, 0.6) is 0 Å². The normalized spacial score (nSPS) is 11.2. The second-order valence-corrected chi connectivity index (χ2v) is 5.33. The van der Waals surface area contributed by atoms with Gasteiger partial charge in [0.25, 0.3) is 0 Å². The largest absolute Gasteiger partial charge is 0.300 e. The highest BCUT2D eigenvalue weighted by atomic mass is 16.1. The highest BCUT2D eigenvalue weighted by Gasteiger charge is 1.91. The Morgan fingerprint density at radius 3 is 1.83 bits per heavy atom. The monoisotopic (exact) mass is 252 g/mol. The summed E-state index contributed by atoms with van der Waals surface area (Å²) in [6, 6.07) is 0. The van der Waals surface area contributed by atoms with Gasteiger partial charge in [0.05, 0.1) is 0 Å². The lowest BCUT2D eigenvalue weighted by Gasteiger charge is -2.00. The van der Waals surface area contributed by atoms with Crippen molar-refractivity contribution in [1.29, 1.82) is 0 Å². The van der Waals surface area contributed by atoms with Crippen LogP contribution < -0.4 is 0 Å². The molecule has 0 spiro atoms. The molecule has 0 aliphatic rings. The first-order chi connectivity index (χ1) is 8.77. The molecule has 1 nitrogen and oxygen atoms in total. The quantitative estimate of drug-likeness (QED) is 0.297. The summed E-state index contributed by atoms with van der Waals surface area (Å²) in [4.78, 5) is 10.7. The highest BCUT2D eigenvalue weighted by Crippen LogP contribution is 2.10. The molecule has 0 rings (SSSR count). The van der Waals surface area contributed by atoms with Crippen LogP contribution in [-0.4, -0.2) is 5.78 Å². The van der Waals surface area contributed by atoms with Crippen molar-refractivity contribution in [3.63, 3.8) is 0 Å². The molecular formula is C17H32O. The summed E-state index contributed by atoms with van der Waals surface area (Å²) in [7, 11) is 0. The van der Waals surface area contributed by atoms with Crippen molar-refractivity contribution < 1.29 is 4.79 Å². The Labute approximate surface area is 114 Å². The number of Topliss-reactive ketones (excluding diaryl/α,β-unsaturated/α-hetero) is 1. The van der Waals surface area contributed by atoms with Gasteiger partial charge in [0.2, 0.25) is 0 Å².